The summed E-state index contributed by atoms with van der Waals surface area (Å²) in [4.78, 5) is 0. The Morgan fingerprint density at radius 3 is 2.04 bits per heavy atom. The highest BCUT2D eigenvalue weighted by molar-refractivity contribution is 5.54. The van der Waals surface area contributed by atoms with Gasteiger partial charge in [0.15, 0.2) is 17.3 Å². The van der Waals surface area contributed by atoms with Crippen LogP contribution >= 0.6 is 0 Å². The zero-order chi connectivity index (χ0) is 20.0. The van der Waals surface area contributed by atoms with Crippen molar-refractivity contribution < 1.29 is 23.7 Å². The lowest BCUT2D eigenvalue weighted by Crippen LogP contribution is -2.28. The molecule has 0 aliphatic carbocycles. The fraction of sp³-hybridized carbons (Fsp3) is 0.478. The van der Waals surface area contributed by atoms with E-state index in [9.17, 15) is 0 Å². The fourth-order valence-electron chi connectivity index (χ4n) is 3.91. The van der Waals surface area contributed by atoms with Crippen molar-refractivity contribution in [1.29, 1.82) is 0 Å². The second kappa shape index (κ2) is 9.30. The monoisotopic (exact) mass is 386 g/mol. The van der Waals surface area contributed by atoms with Crippen LogP contribution in [0.2, 0.25) is 0 Å². The molecule has 0 bridgehead atoms. The molecule has 0 saturated carbocycles. The van der Waals surface area contributed by atoms with Gasteiger partial charge in [-0.25, -0.2) is 0 Å². The lowest BCUT2D eigenvalue weighted by atomic mass is 9.88. The SMILES string of the molecule is CCC(CCC1(c2cc(OC)c(OC)c(OC)c2)OCCO1)c1ccccc1. The molecular formula is C23H30O5. The Hall–Kier alpha value is -2.24. The van der Waals surface area contributed by atoms with Gasteiger partial charge < -0.3 is 23.7 Å². The van der Waals surface area contributed by atoms with Gasteiger partial charge in [0.25, 0.3) is 0 Å². The topological polar surface area (TPSA) is 46.2 Å². The summed E-state index contributed by atoms with van der Waals surface area (Å²) in [6.45, 7) is 3.36. The van der Waals surface area contributed by atoms with Gasteiger partial charge in [0.1, 0.15) is 0 Å². The van der Waals surface area contributed by atoms with Gasteiger partial charge in [-0.1, -0.05) is 37.3 Å². The van der Waals surface area contributed by atoms with Gasteiger partial charge in [0.2, 0.25) is 5.75 Å². The molecule has 152 valence electrons. The highest BCUT2D eigenvalue weighted by Crippen LogP contribution is 2.46. The highest BCUT2D eigenvalue weighted by atomic mass is 16.7. The van der Waals surface area contributed by atoms with Gasteiger partial charge in [0.05, 0.1) is 34.5 Å². The average molecular weight is 386 g/mol. The van der Waals surface area contributed by atoms with E-state index in [1.54, 1.807) is 21.3 Å². The first-order chi connectivity index (χ1) is 13.7. The summed E-state index contributed by atoms with van der Waals surface area (Å²) in [5, 5.41) is 0. The standard InChI is InChI=1S/C23H30O5/c1-5-17(18-9-7-6-8-10-18)11-12-23(27-13-14-28-23)19-15-20(24-2)22(26-4)21(16-19)25-3/h6-10,15-17H,5,11-14H2,1-4H3. The van der Waals surface area contributed by atoms with E-state index in [1.165, 1.54) is 5.56 Å². The molecule has 1 saturated heterocycles. The zero-order valence-corrected chi connectivity index (χ0v) is 17.2. The van der Waals surface area contributed by atoms with Gasteiger partial charge in [-0.05, 0) is 36.5 Å². The summed E-state index contributed by atoms with van der Waals surface area (Å²) in [7, 11) is 4.84. The van der Waals surface area contributed by atoms with Gasteiger partial charge in [-0.15, -0.1) is 0 Å². The second-order valence-electron chi connectivity index (χ2n) is 6.92. The van der Waals surface area contributed by atoms with Gasteiger partial charge in [-0.3, -0.25) is 0 Å². The summed E-state index contributed by atoms with van der Waals surface area (Å²) < 4.78 is 28.8. The predicted molar refractivity (Wildman–Crippen MR) is 108 cm³/mol. The number of benzene rings is 2. The Balaban J connectivity index is 1.90. The summed E-state index contributed by atoms with van der Waals surface area (Å²) in [6, 6.07) is 14.5. The molecule has 0 amide bonds. The molecule has 1 heterocycles. The van der Waals surface area contributed by atoms with Crippen LogP contribution in [0.4, 0.5) is 0 Å². The molecule has 1 fully saturated rings. The van der Waals surface area contributed by atoms with Crippen molar-refractivity contribution in [2.24, 2.45) is 0 Å². The van der Waals surface area contributed by atoms with Crippen molar-refractivity contribution in [2.45, 2.75) is 37.9 Å². The molecule has 0 radical (unpaired) electrons. The van der Waals surface area contributed by atoms with Crippen molar-refractivity contribution >= 4 is 0 Å². The summed E-state index contributed by atoms with van der Waals surface area (Å²) in [6.07, 6.45) is 2.77. The molecule has 2 aromatic carbocycles. The van der Waals surface area contributed by atoms with Crippen LogP contribution in [0.5, 0.6) is 17.2 Å². The molecule has 3 rings (SSSR count). The van der Waals surface area contributed by atoms with E-state index in [0.717, 1.165) is 24.8 Å². The molecule has 5 heteroatoms. The number of hydrogen-bond donors (Lipinski definition) is 0. The van der Waals surface area contributed by atoms with E-state index in [-0.39, 0.29) is 0 Å². The van der Waals surface area contributed by atoms with Crippen LogP contribution in [0.1, 0.15) is 43.2 Å². The number of ether oxygens (including phenoxy) is 5. The van der Waals surface area contributed by atoms with Crippen LogP contribution in [-0.4, -0.2) is 34.5 Å². The van der Waals surface area contributed by atoms with Crippen molar-refractivity contribution in [1.82, 2.24) is 0 Å². The van der Waals surface area contributed by atoms with E-state index >= 15 is 0 Å². The largest absolute Gasteiger partial charge is 0.493 e. The van der Waals surface area contributed by atoms with Crippen LogP contribution in [0, 0.1) is 0 Å². The normalized spacial score (nSPS) is 16.6. The smallest absolute Gasteiger partial charge is 0.203 e. The van der Waals surface area contributed by atoms with Gasteiger partial charge >= 0.3 is 0 Å². The number of rotatable bonds is 9. The average Bonchev–Trinajstić information content (AvgIpc) is 3.24. The molecule has 1 unspecified atom stereocenters. The molecule has 0 aromatic heterocycles. The van der Waals surface area contributed by atoms with Crippen molar-refractivity contribution in [3.63, 3.8) is 0 Å². The molecule has 5 nitrogen and oxygen atoms in total. The molecule has 1 aliphatic heterocycles. The molecule has 1 aliphatic rings. The molecule has 2 aromatic rings. The Morgan fingerprint density at radius 2 is 1.54 bits per heavy atom. The van der Waals surface area contributed by atoms with Gasteiger partial charge in [-0.2, -0.15) is 0 Å². The third-order valence-corrected chi connectivity index (χ3v) is 5.44. The summed E-state index contributed by atoms with van der Waals surface area (Å²) >= 11 is 0. The van der Waals surface area contributed by atoms with E-state index < -0.39 is 5.79 Å². The lowest BCUT2D eigenvalue weighted by molar-refractivity contribution is -0.172. The third-order valence-electron chi connectivity index (χ3n) is 5.44. The minimum atomic E-state index is -0.797. The predicted octanol–water partition coefficient (Wildman–Crippen LogP) is 4.89. The van der Waals surface area contributed by atoms with E-state index in [1.807, 2.05) is 12.1 Å². The van der Waals surface area contributed by atoms with E-state index in [2.05, 4.69) is 37.3 Å². The molecule has 28 heavy (non-hydrogen) atoms. The number of methoxy groups -OCH3 is 3. The van der Waals surface area contributed by atoms with Crippen molar-refractivity contribution in [2.75, 3.05) is 34.5 Å². The van der Waals surface area contributed by atoms with E-state index in [4.69, 9.17) is 23.7 Å². The van der Waals surface area contributed by atoms with Crippen LogP contribution in [0.15, 0.2) is 42.5 Å². The quantitative estimate of drug-likeness (QED) is 0.614. The first-order valence-corrected chi connectivity index (χ1v) is 9.80. The molecular weight excluding hydrogens is 356 g/mol. The summed E-state index contributed by atoms with van der Waals surface area (Å²) in [5.74, 6) is 1.43. The van der Waals surface area contributed by atoms with E-state index in [0.29, 0.717) is 36.4 Å². The van der Waals surface area contributed by atoms with Crippen LogP contribution in [-0.2, 0) is 15.3 Å². The lowest BCUT2D eigenvalue weighted by Gasteiger charge is -2.30. The zero-order valence-electron chi connectivity index (χ0n) is 17.2. The minimum Gasteiger partial charge on any atom is -0.493 e. The number of hydrogen-bond acceptors (Lipinski definition) is 5. The second-order valence-corrected chi connectivity index (χ2v) is 6.92. The third kappa shape index (κ3) is 4.10. The highest BCUT2D eigenvalue weighted by Gasteiger charge is 2.40. The Bertz CT molecular complexity index is 728. The van der Waals surface area contributed by atoms with Crippen LogP contribution in [0.3, 0.4) is 0 Å². The molecule has 1 atom stereocenters. The maximum absolute atomic E-state index is 6.16. The Labute approximate surface area is 167 Å². The van der Waals surface area contributed by atoms with Gasteiger partial charge in [0, 0.05) is 12.0 Å². The first kappa shape index (κ1) is 20.5. The van der Waals surface area contributed by atoms with Crippen LogP contribution in [0.25, 0.3) is 0 Å². The fourth-order valence-corrected chi connectivity index (χ4v) is 3.91. The van der Waals surface area contributed by atoms with Crippen molar-refractivity contribution in [3.05, 3.63) is 53.6 Å². The maximum Gasteiger partial charge on any atom is 0.203 e. The first-order valence-electron chi connectivity index (χ1n) is 9.80. The molecule has 0 spiro atoms. The minimum absolute atomic E-state index is 0.452. The molecule has 0 N–H and O–H groups in total. The Morgan fingerprint density at radius 1 is 0.929 bits per heavy atom. The Kier molecular flexibility index (Phi) is 6.81. The van der Waals surface area contributed by atoms with Crippen molar-refractivity contribution in [3.8, 4) is 17.2 Å². The van der Waals surface area contributed by atoms with Crippen LogP contribution < -0.4 is 14.2 Å². The summed E-state index contributed by atoms with van der Waals surface area (Å²) in [5.41, 5.74) is 2.24. The maximum atomic E-state index is 6.16.